The maximum atomic E-state index is 13.1. The van der Waals surface area contributed by atoms with E-state index in [4.69, 9.17) is 24.7 Å². The van der Waals surface area contributed by atoms with Crippen LogP contribution in [0.15, 0.2) is 0 Å². The molecule has 2 saturated heterocycles. The number of amides is 2. The summed E-state index contributed by atoms with van der Waals surface area (Å²) in [5.41, 5.74) is 6.76. The van der Waals surface area contributed by atoms with Crippen LogP contribution < -0.4 is 5.73 Å². The zero-order valence-corrected chi connectivity index (χ0v) is 27.5. The van der Waals surface area contributed by atoms with Crippen LogP contribution in [0.4, 0.5) is 9.59 Å². The molecule has 8 nitrogen and oxygen atoms in total. The Labute approximate surface area is 258 Å². The highest BCUT2D eigenvalue weighted by molar-refractivity contribution is 5.68. The third kappa shape index (κ3) is 4.12. The number of morpholine rings is 1. The summed E-state index contributed by atoms with van der Waals surface area (Å²) in [4.78, 5) is 26.7. The Morgan fingerprint density at radius 2 is 1.58 bits per heavy atom. The minimum Gasteiger partial charge on any atom is -0.446 e. The lowest BCUT2D eigenvalue weighted by Crippen LogP contribution is -2.58. The molecule has 0 aromatic carbocycles. The Hall–Kier alpha value is -1.54. The summed E-state index contributed by atoms with van der Waals surface area (Å²) in [6.07, 6.45) is 10.8. The first kappa shape index (κ1) is 30.1. The molecule has 2 N–H and O–H groups in total. The van der Waals surface area contributed by atoms with Crippen molar-refractivity contribution >= 4 is 12.2 Å². The van der Waals surface area contributed by atoms with E-state index in [1.165, 1.54) is 38.5 Å². The molecule has 0 aromatic rings. The van der Waals surface area contributed by atoms with Crippen LogP contribution in [0.3, 0.4) is 0 Å². The number of hydrogen-bond acceptors (Lipinski definition) is 6. The van der Waals surface area contributed by atoms with E-state index in [1.54, 1.807) is 0 Å². The molecule has 242 valence electrons. The summed E-state index contributed by atoms with van der Waals surface area (Å²) in [7, 11) is 0. The number of primary amides is 1. The molecule has 5 aliphatic carbocycles. The third-order valence-corrected chi connectivity index (χ3v) is 15.1. The van der Waals surface area contributed by atoms with Gasteiger partial charge in [-0.15, -0.1) is 0 Å². The topological polar surface area (TPSA) is 100 Å². The van der Waals surface area contributed by atoms with E-state index >= 15 is 0 Å². The van der Waals surface area contributed by atoms with Gasteiger partial charge >= 0.3 is 12.2 Å². The van der Waals surface area contributed by atoms with Gasteiger partial charge in [-0.05, 0) is 110 Å². The molecule has 11 atom stereocenters. The molecule has 2 heterocycles. The molecule has 43 heavy (non-hydrogen) atoms. The van der Waals surface area contributed by atoms with Crippen molar-refractivity contribution < 1.29 is 28.5 Å². The number of carbonyl (C=O) groups is 2. The average molecular weight is 601 g/mol. The SMILES string of the molecule is CC(C)C(OC(N)=O)C1CC[C@H]2C(C[C@@]3(C)C4CC[C@H]5C(C)(C)C(OC(=O)N6CCOCC6)CCC56CC46CCC23C)O1. The second-order valence-corrected chi connectivity index (χ2v) is 17.1. The first-order valence-electron chi connectivity index (χ1n) is 17.4. The summed E-state index contributed by atoms with van der Waals surface area (Å²) in [5.74, 6) is 2.04. The Kier molecular flexibility index (Phi) is 6.99. The van der Waals surface area contributed by atoms with E-state index in [0.717, 1.165) is 25.7 Å². The fraction of sp³-hybridized carbons (Fsp3) is 0.943. The van der Waals surface area contributed by atoms with Crippen LogP contribution in [0.1, 0.15) is 106 Å². The Bertz CT molecular complexity index is 1140. The molecule has 2 aliphatic heterocycles. The highest BCUT2D eigenvalue weighted by Gasteiger charge is 2.83. The number of rotatable bonds is 4. The fourth-order valence-electron chi connectivity index (χ4n) is 12.9. The largest absolute Gasteiger partial charge is 0.446 e. The fourth-order valence-corrected chi connectivity index (χ4v) is 12.9. The molecule has 2 amide bonds. The number of hydrogen-bond donors (Lipinski definition) is 1. The second-order valence-electron chi connectivity index (χ2n) is 17.1. The number of fused-ring (bicyclic) bond motifs is 4. The lowest BCUT2D eigenvalue weighted by atomic mass is 9.42. The molecule has 8 heteroatoms. The number of carbonyl (C=O) groups excluding carboxylic acids is 2. The van der Waals surface area contributed by atoms with Gasteiger partial charge in [0.25, 0.3) is 0 Å². The zero-order chi connectivity index (χ0) is 30.6. The predicted molar refractivity (Wildman–Crippen MR) is 162 cm³/mol. The van der Waals surface area contributed by atoms with Crippen molar-refractivity contribution in [2.24, 2.45) is 56.5 Å². The Morgan fingerprint density at radius 3 is 2.28 bits per heavy atom. The summed E-state index contributed by atoms with van der Waals surface area (Å²) < 4.78 is 24.3. The maximum absolute atomic E-state index is 13.1. The number of nitrogens with two attached hydrogens (primary N) is 1. The molecule has 7 aliphatic rings. The van der Waals surface area contributed by atoms with Crippen LogP contribution in [0.5, 0.6) is 0 Å². The molecule has 0 aromatic heterocycles. The maximum Gasteiger partial charge on any atom is 0.410 e. The Morgan fingerprint density at radius 1 is 0.884 bits per heavy atom. The molecule has 2 spiro atoms. The van der Waals surface area contributed by atoms with Crippen molar-refractivity contribution in [2.75, 3.05) is 26.3 Å². The summed E-state index contributed by atoms with van der Waals surface area (Å²) in [6, 6.07) is 0. The van der Waals surface area contributed by atoms with Gasteiger partial charge in [0.2, 0.25) is 0 Å². The first-order chi connectivity index (χ1) is 20.3. The van der Waals surface area contributed by atoms with E-state index in [9.17, 15) is 9.59 Å². The van der Waals surface area contributed by atoms with Crippen LogP contribution in [-0.2, 0) is 18.9 Å². The highest BCUT2D eigenvalue weighted by atomic mass is 16.6. The quantitative estimate of drug-likeness (QED) is 0.393. The van der Waals surface area contributed by atoms with E-state index in [2.05, 4.69) is 41.5 Å². The van der Waals surface area contributed by atoms with Gasteiger partial charge in [0, 0.05) is 18.5 Å². The van der Waals surface area contributed by atoms with Gasteiger partial charge in [-0.25, -0.2) is 9.59 Å². The molecular formula is C35H56N2O6. The molecule has 0 bridgehead atoms. The van der Waals surface area contributed by atoms with Gasteiger partial charge < -0.3 is 29.6 Å². The van der Waals surface area contributed by atoms with Crippen molar-refractivity contribution in [1.82, 2.24) is 4.90 Å². The molecular weight excluding hydrogens is 544 g/mol. The monoisotopic (exact) mass is 600 g/mol. The van der Waals surface area contributed by atoms with Gasteiger partial charge in [-0.2, -0.15) is 0 Å². The molecule has 7 rings (SSSR count). The van der Waals surface area contributed by atoms with E-state index < -0.39 is 6.09 Å². The van der Waals surface area contributed by atoms with E-state index in [1.807, 2.05) is 4.90 Å². The molecule has 8 unspecified atom stereocenters. The standard InChI is InChI=1S/C35H56N2O6/c1-21(2)28(43-29(36)38)23-8-7-22-24(41-23)19-33(6)26-10-9-25-31(3,4)27(42-30(39)37-15-17-40-18-16-37)11-12-34(25)20-35(26,34)14-13-32(22,33)5/h21-28H,7-20H2,1-6H3,(H2,36,38)/t22-,23?,24?,25-,26?,27?,28?,32?,33-,34?,35?/m0/s1. The van der Waals surface area contributed by atoms with Crippen molar-refractivity contribution in [3.8, 4) is 0 Å². The lowest BCUT2D eigenvalue weighted by molar-refractivity contribution is -0.165. The highest BCUT2D eigenvalue weighted by Crippen LogP contribution is 2.89. The van der Waals surface area contributed by atoms with Gasteiger partial charge in [-0.3, -0.25) is 0 Å². The van der Waals surface area contributed by atoms with Gasteiger partial charge in [0.15, 0.2) is 0 Å². The lowest BCUT2D eigenvalue weighted by Gasteiger charge is -2.63. The number of ether oxygens (including phenoxy) is 4. The third-order valence-electron chi connectivity index (χ3n) is 15.1. The van der Waals surface area contributed by atoms with Gasteiger partial charge in [-0.1, -0.05) is 41.5 Å². The summed E-state index contributed by atoms with van der Waals surface area (Å²) in [5, 5.41) is 0. The average Bonchev–Trinajstić information content (AvgIpc) is 3.57. The van der Waals surface area contributed by atoms with Crippen molar-refractivity contribution in [2.45, 2.75) is 130 Å². The predicted octanol–water partition coefficient (Wildman–Crippen LogP) is 6.54. The summed E-state index contributed by atoms with van der Waals surface area (Å²) >= 11 is 0. The van der Waals surface area contributed by atoms with Crippen molar-refractivity contribution in [1.29, 1.82) is 0 Å². The summed E-state index contributed by atoms with van der Waals surface area (Å²) in [6.45, 7) is 16.7. The second kappa shape index (κ2) is 9.98. The van der Waals surface area contributed by atoms with Crippen LogP contribution in [0, 0.1) is 50.7 Å². The van der Waals surface area contributed by atoms with E-state index in [-0.39, 0.29) is 52.7 Å². The normalized spacial score (nSPS) is 48.6. The first-order valence-corrected chi connectivity index (χ1v) is 17.4. The van der Waals surface area contributed by atoms with Crippen LogP contribution in [0.25, 0.3) is 0 Å². The van der Waals surface area contributed by atoms with Gasteiger partial charge in [0.05, 0.1) is 25.4 Å². The van der Waals surface area contributed by atoms with Crippen LogP contribution in [0.2, 0.25) is 0 Å². The molecule has 5 saturated carbocycles. The minimum absolute atomic E-state index is 0.0201. The molecule has 0 radical (unpaired) electrons. The van der Waals surface area contributed by atoms with Gasteiger partial charge in [0.1, 0.15) is 12.2 Å². The van der Waals surface area contributed by atoms with Crippen molar-refractivity contribution in [3.05, 3.63) is 0 Å². The molecule has 7 fully saturated rings. The van der Waals surface area contributed by atoms with E-state index in [0.29, 0.717) is 54.9 Å². The van der Waals surface area contributed by atoms with Crippen LogP contribution in [-0.4, -0.2) is 67.8 Å². The van der Waals surface area contributed by atoms with Crippen molar-refractivity contribution in [3.63, 3.8) is 0 Å². The smallest absolute Gasteiger partial charge is 0.410 e. The zero-order valence-electron chi connectivity index (χ0n) is 27.5. The minimum atomic E-state index is -0.699. The Balaban J connectivity index is 1.09. The number of nitrogens with zero attached hydrogens (tertiary/aromatic N) is 1. The van der Waals surface area contributed by atoms with Crippen LogP contribution >= 0.6 is 0 Å².